The number of methoxy groups -OCH3 is 1. The largest absolute Gasteiger partial charge is 0.495 e. The Labute approximate surface area is 178 Å². The third kappa shape index (κ3) is 4.42. The highest BCUT2D eigenvalue weighted by Crippen LogP contribution is 2.34. The Morgan fingerprint density at radius 2 is 2.07 bits per heavy atom. The fraction of sp³-hybridized carbons (Fsp3) is 0.429. The smallest absolute Gasteiger partial charge is 0.264 e. The van der Waals surface area contributed by atoms with Crippen molar-refractivity contribution in [2.45, 2.75) is 19.3 Å². The Morgan fingerprint density at radius 1 is 1.28 bits per heavy atom. The van der Waals surface area contributed by atoms with E-state index in [-0.39, 0.29) is 17.7 Å². The molecule has 8 heteroatoms. The first-order chi connectivity index (χ1) is 14.0. The van der Waals surface area contributed by atoms with Crippen molar-refractivity contribution in [3.63, 3.8) is 0 Å². The minimum Gasteiger partial charge on any atom is -0.495 e. The van der Waals surface area contributed by atoms with Gasteiger partial charge < -0.3 is 19.7 Å². The number of nitrogens with zero attached hydrogens (tertiary/aromatic N) is 1. The number of anilines is 1. The molecule has 1 fully saturated rings. The van der Waals surface area contributed by atoms with Crippen LogP contribution in [0.25, 0.3) is 0 Å². The molecule has 29 heavy (non-hydrogen) atoms. The molecule has 0 bridgehead atoms. The first-order valence-corrected chi connectivity index (χ1v) is 10.9. The fourth-order valence-corrected chi connectivity index (χ4v) is 5.20. The van der Waals surface area contributed by atoms with E-state index in [2.05, 4.69) is 5.32 Å². The molecule has 2 aliphatic rings. The molecule has 1 aromatic heterocycles. The fourth-order valence-electron chi connectivity index (χ4n) is 3.76. The van der Waals surface area contributed by atoms with Gasteiger partial charge in [-0.2, -0.15) is 0 Å². The van der Waals surface area contributed by atoms with Gasteiger partial charge in [-0.1, -0.05) is 11.6 Å². The van der Waals surface area contributed by atoms with Gasteiger partial charge >= 0.3 is 0 Å². The normalized spacial score (nSPS) is 18.8. The lowest BCUT2D eigenvalue weighted by molar-refractivity contribution is -0.120. The number of amides is 2. The average Bonchev–Trinajstić information content (AvgIpc) is 3.17. The van der Waals surface area contributed by atoms with Gasteiger partial charge in [0.15, 0.2) is 0 Å². The summed E-state index contributed by atoms with van der Waals surface area (Å²) in [5, 5.41) is 3.41. The van der Waals surface area contributed by atoms with Crippen LogP contribution in [0.4, 0.5) is 5.69 Å². The van der Waals surface area contributed by atoms with Crippen molar-refractivity contribution in [1.82, 2.24) is 4.90 Å². The summed E-state index contributed by atoms with van der Waals surface area (Å²) in [5.41, 5.74) is 1.77. The van der Waals surface area contributed by atoms with Gasteiger partial charge in [0.2, 0.25) is 5.91 Å². The first-order valence-electron chi connectivity index (χ1n) is 9.68. The van der Waals surface area contributed by atoms with Crippen LogP contribution in [0.3, 0.4) is 0 Å². The summed E-state index contributed by atoms with van der Waals surface area (Å²) in [5.74, 6) is 0.498. The lowest BCUT2D eigenvalue weighted by atomic mass is 9.87. The number of hydrogen-bond donors (Lipinski definition) is 1. The van der Waals surface area contributed by atoms with Gasteiger partial charge in [-0.3, -0.25) is 9.59 Å². The van der Waals surface area contributed by atoms with Crippen LogP contribution < -0.4 is 10.1 Å². The third-order valence-corrected chi connectivity index (χ3v) is 6.90. The summed E-state index contributed by atoms with van der Waals surface area (Å²) in [6.07, 6.45) is 2.24. The number of hydrogen-bond acceptors (Lipinski definition) is 5. The number of carbonyl (C=O) groups excluding carboxylic acids is 2. The zero-order valence-corrected chi connectivity index (χ0v) is 17.8. The van der Waals surface area contributed by atoms with Gasteiger partial charge in [0, 0.05) is 29.6 Å². The highest BCUT2D eigenvalue weighted by Gasteiger charge is 2.29. The van der Waals surface area contributed by atoms with E-state index in [1.165, 1.54) is 4.88 Å². The molecule has 1 aliphatic heterocycles. The highest BCUT2D eigenvalue weighted by atomic mass is 35.5. The Kier molecular flexibility index (Phi) is 6.08. The number of thiophene rings is 1. The van der Waals surface area contributed by atoms with Crippen LogP contribution in [0.1, 0.15) is 26.5 Å². The number of benzene rings is 1. The zero-order chi connectivity index (χ0) is 20.4. The molecule has 6 nitrogen and oxygen atoms in total. The number of rotatable bonds is 4. The monoisotopic (exact) mass is 434 g/mol. The molecule has 2 amide bonds. The zero-order valence-electron chi connectivity index (χ0n) is 16.2. The summed E-state index contributed by atoms with van der Waals surface area (Å²) in [7, 11) is 1.55. The highest BCUT2D eigenvalue weighted by molar-refractivity contribution is 7.14. The van der Waals surface area contributed by atoms with Crippen molar-refractivity contribution in [1.29, 1.82) is 0 Å². The molecular weight excluding hydrogens is 412 g/mol. The Morgan fingerprint density at radius 3 is 2.79 bits per heavy atom. The van der Waals surface area contributed by atoms with Crippen molar-refractivity contribution in [2.75, 3.05) is 38.7 Å². The van der Waals surface area contributed by atoms with Gasteiger partial charge in [0.25, 0.3) is 5.91 Å². The van der Waals surface area contributed by atoms with Crippen LogP contribution >= 0.6 is 22.9 Å². The number of morpholine rings is 1. The molecule has 1 aromatic carbocycles. The predicted octanol–water partition coefficient (Wildman–Crippen LogP) is 3.63. The maximum absolute atomic E-state index is 12.8. The second kappa shape index (κ2) is 8.73. The van der Waals surface area contributed by atoms with E-state index in [1.807, 2.05) is 11.0 Å². The number of ether oxygens (including phenoxy) is 2. The van der Waals surface area contributed by atoms with E-state index in [0.717, 1.165) is 23.3 Å². The van der Waals surface area contributed by atoms with Crippen molar-refractivity contribution in [3.8, 4) is 5.75 Å². The molecule has 2 aromatic rings. The molecule has 1 saturated heterocycles. The van der Waals surface area contributed by atoms with Gasteiger partial charge in [0.05, 0.1) is 30.2 Å². The van der Waals surface area contributed by atoms with E-state index < -0.39 is 0 Å². The quantitative estimate of drug-likeness (QED) is 0.797. The SMILES string of the molecule is COc1ccc(NC(=O)[C@@H]2CCc3sc(C(=O)N4CCOCC4)cc3C2)cc1Cl. The maximum atomic E-state index is 12.8. The van der Waals surface area contributed by atoms with Gasteiger partial charge in [0.1, 0.15) is 5.75 Å². The number of aryl methyl sites for hydroxylation is 1. The summed E-state index contributed by atoms with van der Waals surface area (Å²) in [6.45, 7) is 2.45. The van der Waals surface area contributed by atoms with E-state index in [9.17, 15) is 9.59 Å². The second-order valence-electron chi connectivity index (χ2n) is 7.24. The van der Waals surface area contributed by atoms with E-state index in [0.29, 0.717) is 49.2 Å². The first kappa shape index (κ1) is 20.2. The van der Waals surface area contributed by atoms with Crippen LogP contribution in [0, 0.1) is 5.92 Å². The molecule has 1 aliphatic carbocycles. The lowest BCUT2D eigenvalue weighted by Crippen LogP contribution is -2.40. The number of fused-ring (bicyclic) bond motifs is 1. The molecular formula is C21H23ClN2O4S. The maximum Gasteiger partial charge on any atom is 0.264 e. The van der Waals surface area contributed by atoms with Gasteiger partial charge in [-0.15, -0.1) is 11.3 Å². The van der Waals surface area contributed by atoms with E-state index >= 15 is 0 Å². The summed E-state index contributed by atoms with van der Waals surface area (Å²) in [4.78, 5) is 29.3. The molecule has 1 atom stereocenters. The minimum absolute atomic E-state index is 0.0239. The lowest BCUT2D eigenvalue weighted by Gasteiger charge is -2.26. The van der Waals surface area contributed by atoms with Crippen LogP contribution in [-0.4, -0.2) is 50.1 Å². The van der Waals surface area contributed by atoms with Crippen molar-refractivity contribution >= 4 is 40.4 Å². The van der Waals surface area contributed by atoms with Gasteiger partial charge in [-0.25, -0.2) is 0 Å². The molecule has 0 saturated carbocycles. The molecule has 4 rings (SSSR count). The van der Waals surface area contributed by atoms with Crippen LogP contribution in [0.2, 0.25) is 5.02 Å². The van der Waals surface area contributed by atoms with Crippen LogP contribution in [0.5, 0.6) is 5.75 Å². The van der Waals surface area contributed by atoms with Crippen molar-refractivity contribution < 1.29 is 19.1 Å². The Hall–Kier alpha value is -2.09. The number of nitrogens with one attached hydrogen (secondary N) is 1. The Balaban J connectivity index is 1.41. The summed E-state index contributed by atoms with van der Waals surface area (Å²) in [6, 6.07) is 7.18. The molecule has 1 N–H and O–H groups in total. The number of halogens is 1. The molecule has 2 heterocycles. The topological polar surface area (TPSA) is 67.9 Å². The van der Waals surface area contributed by atoms with E-state index in [1.54, 1.807) is 36.6 Å². The standard InChI is InChI=1S/C21H23ClN2O4S/c1-27-17-4-3-15(12-16(17)22)23-20(25)13-2-5-18-14(10-13)11-19(29-18)21(26)24-6-8-28-9-7-24/h3-4,11-13H,2,5-10H2,1H3,(H,23,25)/t13-/m1/s1. The second-order valence-corrected chi connectivity index (χ2v) is 8.79. The average molecular weight is 435 g/mol. The molecule has 0 radical (unpaired) electrons. The third-order valence-electron chi connectivity index (χ3n) is 5.38. The Bertz CT molecular complexity index is 923. The van der Waals surface area contributed by atoms with Crippen molar-refractivity contribution in [3.05, 3.63) is 44.6 Å². The minimum atomic E-state index is -0.121. The van der Waals surface area contributed by atoms with Crippen molar-refractivity contribution in [2.24, 2.45) is 5.92 Å². The number of carbonyl (C=O) groups is 2. The van der Waals surface area contributed by atoms with Gasteiger partial charge in [-0.05, 0) is 49.1 Å². The summed E-state index contributed by atoms with van der Waals surface area (Å²) >= 11 is 7.71. The molecule has 0 spiro atoms. The summed E-state index contributed by atoms with van der Waals surface area (Å²) < 4.78 is 10.5. The van der Waals surface area contributed by atoms with Crippen LogP contribution in [-0.2, 0) is 22.4 Å². The van der Waals surface area contributed by atoms with Crippen LogP contribution in [0.15, 0.2) is 24.3 Å². The van der Waals surface area contributed by atoms with E-state index in [4.69, 9.17) is 21.1 Å². The molecule has 0 unspecified atom stereocenters. The predicted molar refractivity (Wildman–Crippen MR) is 113 cm³/mol. The molecule has 154 valence electrons.